The van der Waals surface area contributed by atoms with Gasteiger partial charge in [0.05, 0.1) is 10.1 Å². The second kappa shape index (κ2) is 8.33. The zero-order valence-corrected chi connectivity index (χ0v) is 19.8. The van der Waals surface area contributed by atoms with Crippen molar-refractivity contribution in [1.29, 1.82) is 0 Å². The van der Waals surface area contributed by atoms with Crippen LogP contribution in [0.2, 0.25) is 5.02 Å². The lowest BCUT2D eigenvalue weighted by Gasteiger charge is -2.41. The van der Waals surface area contributed by atoms with E-state index < -0.39 is 25.1 Å². The van der Waals surface area contributed by atoms with Gasteiger partial charge in [-0.25, -0.2) is 26.8 Å². The van der Waals surface area contributed by atoms with E-state index in [0.29, 0.717) is 36.6 Å². The third kappa shape index (κ3) is 4.63. The van der Waals surface area contributed by atoms with Crippen molar-refractivity contribution < 1.29 is 21.6 Å². The van der Waals surface area contributed by atoms with E-state index in [0.717, 1.165) is 17.4 Å². The second-order valence-corrected chi connectivity index (χ2v) is 12.6. The number of sulfone groups is 1. The minimum absolute atomic E-state index is 0.136. The molecule has 0 saturated carbocycles. The molecule has 2 saturated heterocycles. The van der Waals surface area contributed by atoms with Crippen molar-refractivity contribution in [3.05, 3.63) is 53.1 Å². The fourth-order valence-electron chi connectivity index (χ4n) is 4.19. The Kier molecular flexibility index (Phi) is 6.00. The van der Waals surface area contributed by atoms with E-state index in [9.17, 15) is 21.6 Å². The lowest BCUT2D eigenvalue weighted by Crippen LogP contribution is -2.53. The summed E-state index contributed by atoms with van der Waals surface area (Å²) in [5.74, 6) is 0.171. The summed E-state index contributed by atoms with van der Waals surface area (Å²) in [6.07, 6.45) is 1.52. The van der Waals surface area contributed by atoms with Crippen LogP contribution in [-0.4, -0.2) is 70.4 Å². The maximum atomic E-state index is 12.6. The first-order valence-corrected chi connectivity index (χ1v) is 14.0. The van der Waals surface area contributed by atoms with Crippen LogP contribution >= 0.6 is 11.6 Å². The molecule has 2 aliphatic heterocycles. The molecule has 0 aromatic heterocycles. The molecule has 0 bridgehead atoms. The number of amides is 2. The van der Waals surface area contributed by atoms with Crippen molar-refractivity contribution in [2.75, 3.05) is 32.4 Å². The first-order chi connectivity index (χ1) is 14.9. The zero-order valence-electron chi connectivity index (χ0n) is 17.4. The Morgan fingerprint density at radius 1 is 1.00 bits per heavy atom. The van der Waals surface area contributed by atoms with Gasteiger partial charge < -0.3 is 9.80 Å². The van der Waals surface area contributed by atoms with Crippen LogP contribution in [0, 0.1) is 0 Å². The molecule has 1 unspecified atom stereocenters. The Bertz CT molecular complexity index is 1260. The summed E-state index contributed by atoms with van der Waals surface area (Å²) >= 11 is 5.98. The molecule has 2 aliphatic rings. The van der Waals surface area contributed by atoms with E-state index in [1.807, 2.05) is 24.3 Å². The number of primary sulfonamides is 1. The molecule has 172 valence electrons. The number of nitrogens with zero attached hydrogens (tertiary/aromatic N) is 2. The lowest BCUT2D eigenvalue weighted by atomic mass is 9.90. The first kappa shape index (κ1) is 23.0. The molecule has 8 nitrogen and oxygen atoms in total. The molecule has 11 heteroatoms. The number of hydrogen-bond acceptors (Lipinski definition) is 5. The smallest absolute Gasteiger partial charge is 0.320 e. The molecule has 0 radical (unpaired) electrons. The minimum atomic E-state index is -3.64. The van der Waals surface area contributed by atoms with Gasteiger partial charge in [-0.2, -0.15) is 0 Å². The maximum Gasteiger partial charge on any atom is 0.320 e. The van der Waals surface area contributed by atoms with E-state index in [2.05, 4.69) is 0 Å². The van der Waals surface area contributed by atoms with Gasteiger partial charge in [-0.15, -0.1) is 0 Å². The Balaban J connectivity index is 1.42. The maximum absolute atomic E-state index is 12.6. The highest BCUT2D eigenvalue weighted by Crippen LogP contribution is 2.33. The predicted octanol–water partition coefficient (Wildman–Crippen LogP) is 2.29. The van der Waals surface area contributed by atoms with Crippen LogP contribution in [0.25, 0.3) is 11.1 Å². The molecule has 32 heavy (non-hydrogen) atoms. The standard InChI is InChI=1S/C21H24ClN3O5S2/c1-31(27,28)20-10-17(22)6-7-19(20)15-4-2-14(3-5-15)16-11-25(12-16)21(26)24-9-8-18(13-24)32(23,29)30/h2-7,10,16,18H,8-9,11-13H2,1H3,(H2,23,29,30). The molecule has 4 rings (SSSR count). The fraction of sp³-hybridized carbons (Fsp3) is 0.381. The molecule has 0 aliphatic carbocycles. The van der Waals surface area contributed by atoms with Crippen LogP contribution in [0.15, 0.2) is 47.4 Å². The number of rotatable bonds is 4. The molecule has 0 spiro atoms. The topological polar surface area (TPSA) is 118 Å². The first-order valence-electron chi connectivity index (χ1n) is 10.1. The van der Waals surface area contributed by atoms with Crippen molar-refractivity contribution in [1.82, 2.24) is 9.80 Å². The number of benzene rings is 2. The summed E-state index contributed by atoms with van der Waals surface area (Å²) in [4.78, 5) is 16.0. The predicted molar refractivity (Wildman–Crippen MR) is 123 cm³/mol. The number of hydrogen-bond donors (Lipinski definition) is 1. The Labute approximate surface area is 192 Å². The Hall–Kier alpha value is -2.14. The minimum Gasteiger partial charge on any atom is -0.323 e. The van der Waals surface area contributed by atoms with E-state index in [4.69, 9.17) is 16.7 Å². The zero-order chi connectivity index (χ0) is 23.3. The average Bonchev–Trinajstić information content (AvgIpc) is 3.17. The summed E-state index contributed by atoms with van der Waals surface area (Å²) < 4.78 is 47.3. The van der Waals surface area contributed by atoms with Gasteiger partial charge in [0.25, 0.3) is 0 Å². The summed E-state index contributed by atoms with van der Waals surface area (Å²) in [6.45, 7) is 1.62. The van der Waals surface area contributed by atoms with Gasteiger partial charge >= 0.3 is 6.03 Å². The van der Waals surface area contributed by atoms with Crippen LogP contribution in [0.5, 0.6) is 0 Å². The van der Waals surface area contributed by atoms with Crippen molar-refractivity contribution in [3.63, 3.8) is 0 Å². The Morgan fingerprint density at radius 3 is 2.22 bits per heavy atom. The van der Waals surface area contributed by atoms with Gasteiger partial charge in [0, 0.05) is 48.9 Å². The summed E-state index contributed by atoms with van der Waals surface area (Å²) in [5, 5.41) is 4.87. The average molecular weight is 498 g/mol. The van der Waals surface area contributed by atoms with Crippen molar-refractivity contribution >= 4 is 37.5 Å². The van der Waals surface area contributed by atoms with E-state index in [1.54, 1.807) is 21.9 Å². The van der Waals surface area contributed by atoms with Gasteiger partial charge in [0.1, 0.15) is 0 Å². The van der Waals surface area contributed by atoms with Gasteiger partial charge in [-0.1, -0.05) is 41.9 Å². The molecule has 2 N–H and O–H groups in total. The van der Waals surface area contributed by atoms with Crippen LogP contribution in [0.3, 0.4) is 0 Å². The van der Waals surface area contributed by atoms with Crippen LogP contribution in [0.4, 0.5) is 4.79 Å². The highest BCUT2D eigenvalue weighted by Gasteiger charge is 2.39. The lowest BCUT2D eigenvalue weighted by molar-refractivity contribution is 0.121. The number of halogens is 1. The van der Waals surface area contributed by atoms with E-state index in [-0.39, 0.29) is 23.4 Å². The molecule has 2 aromatic rings. The number of likely N-dealkylation sites (tertiary alicyclic amines) is 2. The van der Waals surface area contributed by atoms with Gasteiger partial charge in [0.2, 0.25) is 10.0 Å². The number of carbonyl (C=O) groups is 1. The summed E-state index contributed by atoms with van der Waals surface area (Å²) in [5.41, 5.74) is 2.41. The third-order valence-corrected chi connectivity index (χ3v) is 8.75. The second-order valence-electron chi connectivity index (χ2n) is 8.36. The van der Waals surface area contributed by atoms with E-state index in [1.165, 1.54) is 6.07 Å². The highest BCUT2D eigenvalue weighted by atomic mass is 35.5. The van der Waals surface area contributed by atoms with Crippen molar-refractivity contribution in [3.8, 4) is 11.1 Å². The SMILES string of the molecule is CS(=O)(=O)c1cc(Cl)ccc1-c1ccc(C2CN(C(=O)N3CCC(S(N)(=O)=O)C3)C2)cc1. The Morgan fingerprint density at radius 2 is 1.66 bits per heavy atom. The summed E-state index contributed by atoms with van der Waals surface area (Å²) in [6, 6.07) is 12.3. The molecular formula is C21H24ClN3O5S2. The molecule has 2 fully saturated rings. The fourth-order valence-corrected chi connectivity index (χ4v) is 6.18. The highest BCUT2D eigenvalue weighted by molar-refractivity contribution is 7.91. The summed E-state index contributed by atoms with van der Waals surface area (Å²) in [7, 11) is -7.08. The molecule has 2 aromatic carbocycles. The third-order valence-electron chi connectivity index (χ3n) is 6.07. The molecule has 2 amide bonds. The van der Waals surface area contributed by atoms with Gasteiger partial charge in [-0.3, -0.25) is 0 Å². The van der Waals surface area contributed by atoms with Crippen LogP contribution in [-0.2, 0) is 19.9 Å². The quantitative estimate of drug-likeness (QED) is 0.695. The normalized spacial score (nSPS) is 19.8. The van der Waals surface area contributed by atoms with Crippen molar-refractivity contribution in [2.45, 2.75) is 22.5 Å². The number of carbonyl (C=O) groups excluding carboxylic acids is 1. The monoisotopic (exact) mass is 497 g/mol. The largest absolute Gasteiger partial charge is 0.323 e. The molecule has 1 atom stereocenters. The van der Waals surface area contributed by atoms with Crippen LogP contribution in [0.1, 0.15) is 17.9 Å². The number of urea groups is 1. The number of nitrogens with two attached hydrogens (primary N) is 1. The van der Waals surface area contributed by atoms with Crippen LogP contribution < -0.4 is 5.14 Å². The molecule has 2 heterocycles. The van der Waals surface area contributed by atoms with Crippen molar-refractivity contribution in [2.24, 2.45) is 5.14 Å². The molecular weight excluding hydrogens is 474 g/mol. The van der Waals surface area contributed by atoms with Gasteiger partial charge in [-0.05, 0) is 29.7 Å². The van der Waals surface area contributed by atoms with Gasteiger partial charge in [0.15, 0.2) is 9.84 Å². The van der Waals surface area contributed by atoms with E-state index >= 15 is 0 Å². The number of sulfonamides is 1.